The smallest absolute Gasteiger partial charge is 0.126 e. The van der Waals surface area contributed by atoms with E-state index in [1.54, 1.807) is 19.1 Å². The van der Waals surface area contributed by atoms with Crippen LogP contribution in [0.15, 0.2) is 18.2 Å². The molecule has 0 spiro atoms. The maximum absolute atomic E-state index is 13.2. The van der Waals surface area contributed by atoms with Crippen molar-refractivity contribution in [2.75, 3.05) is 0 Å². The Kier molecular flexibility index (Phi) is 4.74. The predicted octanol–water partition coefficient (Wildman–Crippen LogP) is 3.66. The van der Waals surface area contributed by atoms with Crippen LogP contribution in [0.1, 0.15) is 39.7 Å². The van der Waals surface area contributed by atoms with Crippen molar-refractivity contribution in [2.45, 2.75) is 53.2 Å². The van der Waals surface area contributed by atoms with Gasteiger partial charge in [-0.1, -0.05) is 27.7 Å². The zero-order valence-corrected chi connectivity index (χ0v) is 12.0. The standard InChI is InChI=1S/C15H24FNO/c1-6-13(17)14(15(3,4)5)18-11-7-8-12(16)10(2)9-11/h7-9,13-14H,6,17H2,1-5H3. The highest BCUT2D eigenvalue weighted by Crippen LogP contribution is 2.28. The van der Waals surface area contributed by atoms with Crippen LogP contribution >= 0.6 is 0 Å². The summed E-state index contributed by atoms with van der Waals surface area (Å²) in [5, 5.41) is 0. The Morgan fingerprint density at radius 1 is 1.33 bits per heavy atom. The first-order valence-corrected chi connectivity index (χ1v) is 6.44. The van der Waals surface area contributed by atoms with Crippen molar-refractivity contribution in [1.29, 1.82) is 0 Å². The highest BCUT2D eigenvalue weighted by molar-refractivity contribution is 5.29. The maximum atomic E-state index is 13.2. The second-order valence-electron chi connectivity index (χ2n) is 5.89. The molecule has 3 heteroatoms. The molecule has 0 radical (unpaired) electrons. The molecular weight excluding hydrogens is 229 g/mol. The molecule has 1 aromatic rings. The first-order valence-electron chi connectivity index (χ1n) is 6.44. The number of rotatable bonds is 4. The largest absolute Gasteiger partial charge is 0.488 e. The molecule has 0 heterocycles. The number of nitrogens with two attached hydrogens (primary N) is 1. The first-order chi connectivity index (χ1) is 8.25. The minimum atomic E-state index is -0.213. The minimum absolute atomic E-state index is 0.0321. The number of aryl methyl sites for hydroxylation is 1. The van der Waals surface area contributed by atoms with Crippen LogP contribution in [-0.2, 0) is 0 Å². The average molecular weight is 253 g/mol. The molecule has 2 atom stereocenters. The van der Waals surface area contributed by atoms with Gasteiger partial charge in [0.25, 0.3) is 0 Å². The Hall–Kier alpha value is -1.09. The summed E-state index contributed by atoms with van der Waals surface area (Å²) < 4.78 is 19.2. The van der Waals surface area contributed by atoms with Crippen LogP contribution in [0.2, 0.25) is 0 Å². The lowest BCUT2D eigenvalue weighted by Crippen LogP contribution is -2.47. The average Bonchev–Trinajstić information content (AvgIpc) is 2.28. The SMILES string of the molecule is CCC(N)C(Oc1ccc(F)c(C)c1)C(C)(C)C. The van der Waals surface area contributed by atoms with Crippen molar-refractivity contribution >= 4 is 0 Å². The van der Waals surface area contributed by atoms with E-state index in [0.717, 1.165) is 6.42 Å². The van der Waals surface area contributed by atoms with Gasteiger partial charge < -0.3 is 10.5 Å². The maximum Gasteiger partial charge on any atom is 0.126 e. The Morgan fingerprint density at radius 3 is 2.39 bits per heavy atom. The zero-order chi connectivity index (χ0) is 13.9. The molecule has 0 fully saturated rings. The van der Waals surface area contributed by atoms with Crippen LogP contribution in [0.3, 0.4) is 0 Å². The van der Waals surface area contributed by atoms with Gasteiger partial charge in [-0.15, -0.1) is 0 Å². The van der Waals surface area contributed by atoms with E-state index in [2.05, 4.69) is 20.8 Å². The van der Waals surface area contributed by atoms with Gasteiger partial charge >= 0.3 is 0 Å². The zero-order valence-electron chi connectivity index (χ0n) is 12.0. The third kappa shape index (κ3) is 3.70. The van der Waals surface area contributed by atoms with Gasteiger partial charge in [-0.3, -0.25) is 0 Å². The molecule has 0 amide bonds. The van der Waals surface area contributed by atoms with Crippen LogP contribution in [0.4, 0.5) is 4.39 Å². The number of ether oxygens (including phenoxy) is 1. The van der Waals surface area contributed by atoms with Crippen LogP contribution < -0.4 is 10.5 Å². The highest BCUT2D eigenvalue weighted by atomic mass is 19.1. The summed E-state index contributed by atoms with van der Waals surface area (Å²) in [4.78, 5) is 0. The lowest BCUT2D eigenvalue weighted by atomic mass is 9.84. The van der Waals surface area contributed by atoms with E-state index in [4.69, 9.17) is 10.5 Å². The molecule has 0 saturated carbocycles. The van der Waals surface area contributed by atoms with Crippen molar-refractivity contribution < 1.29 is 9.13 Å². The number of halogens is 1. The fourth-order valence-corrected chi connectivity index (χ4v) is 1.96. The van der Waals surface area contributed by atoms with Gasteiger partial charge in [0.2, 0.25) is 0 Å². The summed E-state index contributed by atoms with van der Waals surface area (Å²) in [6.45, 7) is 10.1. The van der Waals surface area contributed by atoms with Gasteiger partial charge in [0.15, 0.2) is 0 Å². The molecule has 102 valence electrons. The van der Waals surface area contributed by atoms with Gasteiger partial charge in [0.05, 0.1) is 0 Å². The molecule has 1 aromatic carbocycles. The third-order valence-corrected chi connectivity index (χ3v) is 3.11. The normalized spacial score (nSPS) is 15.3. The van der Waals surface area contributed by atoms with Crippen LogP contribution in [0.25, 0.3) is 0 Å². The van der Waals surface area contributed by atoms with Crippen molar-refractivity contribution in [3.63, 3.8) is 0 Å². The summed E-state index contributed by atoms with van der Waals surface area (Å²) in [7, 11) is 0. The molecule has 2 unspecified atom stereocenters. The van der Waals surface area contributed by atoms with E-state index in [-0.39, 0.29) is 23.4 Å². The molecule has 1 rings (SSSR count). The Morgan fingerprint density at radius 2 is 1.94 bits per heavy atom. The van der Waals surface area contributed by atoms with E-state index in [9.17, 15) is 4.39 Å². The summed E-state index contributed by atoms with van der Waals surface area (Å²) in [6.07, 6.45) is 0.759. The molecule has 2 nitrogen and oxygen atoms in total. The molecule has 0 aliphatic heterocycles. The van der Waals surface area contributed by atoms with Crippen molar-refractivity contribution in [1.82, 2.24) is 0 Å². The van der Waals surface area contributed by atoms with Crippen molar-refractivity contribution in [3.8, 4) is 5.75 Å². The van der Waals surface area contributed by atoms with E-state index < -0.39 is 0 Å². The minimum Gasteiger partial charge on any atom is -0.488 e. The topological polar surface area (TPSA) is 35.2 Å². The van der Waals surface area contributed by atoms with Crippen molar-refractivity contribution in [2.24, 2.45) is 11.1 Å². The molecular formula is C15H24FNO. The van der Waals surface area contributed by atoms with Crippen LogP contribution in [0.5, 0.6) is 5.75 Å². The van der Waals surface area contributed by atoms with Gasteiger partial charge in [-0.2, -0.15) is 0 Å². The summed E-state index contributed by atoms with van der Waals surface area (Å²) in [5.74, 6) is 0.465. The van der Waals surface area contributed by atoms with Gasteiger partial charge in [0, 0.05) is 11.5 Å². The Balaban J connectivity index is 2.93. The monoisotopic (exact) mass is 253 g/mol. The molecule has 0 aliphatic rings. The van der Waals surface area contributed by atoms with E-state index >= 15 is 0 Å². The van der Waals surface area contributed by atoms with Gasteiger partial charge in [-0.05, 0) is 37.1 Å². The van der Waals surface area contributed by atoms with Gasteiger partial charge in [0.1, 0.15) is 17.7 Å². The van der Waals surface area contributed by atoms with E-state index in [0.29, 0.717) is 11.3 Å². The number of hydrogen-bond acceptors (Lipinski definition) is 2. The summed E-state index contributed by atoms with van der Waals surface area (Å²) in [5.41, 5.74) is 6.65. The Labute approximate surface area is 109 Å². The number of hydrogen-bond donors (Lipinski definition) is 1. The lowest BCUT2D eigenvalue weighted by Gasteiger charge is -2.35. The molecule has 0 saturated heterocycles. The predicted molar refractivity (Wildman–Crippen MR) is 73.3 cm³/mol. The first kappa shape index (κ1) is 15.0. The second kappa shape index (κ2) is 5.70. The van der Waals surface area contributed by atoms with Crippen LogP contribution in [-0.4, -0.2) is 12.1 Å². The third-order valence-electron chi connectivity index (χ3n) is 3.11. The fourth-order valence-electron chi connectivity index (χ4n) is 1.96. The van der Waals surface area contributed by atoms with Crippen LogP contribution in [0, 0.1) is 18.2 Å². The Bertz CT molecular complexity index is 398. The molecule has 0 bridgehead atoms. The van der Waals surface area contributed by atoms with E-state index in [1.165, 1.54) is 6.07 Å². The van der Waals surface area contributed by atoms with Crippen molar-refractivity contribution in [3.05, 3.63) is 29.6 Å². The molecule has 2 N–H and O–H groups in total. The fraction of sp³-hybridized carbons (Fsp3) is 0.600. The molecule has 18 heavy (non-hydrogen) atoms. The molecule has 0 aliphatic carbocycles. The lowest BCUT2D eigenvalue weighted by molar-refractivity contribution is 0.0620. The summed E-state index contributed by atoms with van der Waals surface area (Å²) >= 11 is 0. The second-order valence-corrected chi connectivity index (χ2v) is 5.89. The summed E-state index contributed by atoms with van der Waals surface area (Å²) in [6, 6.07) is 4.78. The highest BCUT2D eigenvalue weighted by Gasteiger charge is 2.31. The van der Waals surface area contributed by atoms with Gasteiger partial charge in [-0.25, -0.2) is 4.39 Å². The van der Waals surface area contributed by atoms with E-state index in [1.807, 2.05) is 6.92 Å². The quantitative estimate of drug-likeness (QED) is 0.888. The number of benzene rings is 1. The molecule has 0 aromatic heterocycles.